The van der Waals surface area contributed by atoms with E-state index in [1.165, 1.54) is 5.56 Å². The summed E-state index contributed by atoms with van der Waals surface area (Å²) in [6.07, 6.45) is 2.88. The normalized spacial score (nSPS) is 19.5. The van der Waals surface area contributed by atoms with Gasteiger partial charge in [0.1, 0.15) is 12.4 Å². The van der Waals surface area contributed by atoms with Crippen LogP contribution in [0.1, 0.15) is 50.2 Å². The summed E-state index contributed by atoms with van der Waals surface area (Å²) in [5.41, 5.74) is 1.71. The Hall–Kier alpha value is -3.36. The van der Waals surface area contributed by atoms with E-state index in [1.54, 1.807) is 25.6 Å². The van der Waals surface area contributed by atoms with Crippen LogP contribution >= 0.6 is 0 Å². The van der Waals surface area contributed by atoms with Crippen molar-refractivity contribution in [3.05, 3.63) is 71.8 Å². The van der Waals surface area contributed by atoms with E-state index in [0.717, 1.165) is 24.9 Å². The molecule has 3 aromatic rings. The maximum atomic E-state index is 13.4. The van der Waals surface area contributed by atoms with Crippen LogP contribution in [0.5, 0.6) is 5.88 Å². The van der Waals surface area contributed by atoms with Crippen LogP contribution in [0.4, 0.5) is 10.6 Å². The third kappa shape index (κ3) is 6.90. The highest BCUT2D eigenvalue weighted by Gasteiger charge is 2.36. The number of aromatic nitrogens is 2. The van der Waals surface area contributed by atoms with Crippen molar-refractivity contribution in [1.29, 1.82) is 0 Å². The first-order valence-corrected chi connectivity index (χ1v) is 12.9. The second-order valence-corrected chi connectivity index (χ2v) is 10.5. The fourth-order valence-corrected chi connectivity index (χ4v) is 4.96. The molecule has 4 rings (SSSR count). The van der Waals surface area contributed by atoms with Gasteiger partial charge < -0.3 is 19.9 Å². The van der Waals surface area contributed by atoms with Crippen LogP contribution in [0, 0.1) is 12.8 Å². The maximum absolute atomic E-state index is 13.4. The summed E-state index contributed by atoms with van der Waals surface area (Å²) >= 11 is 0. The summed E-state index contributed by atoms with van der Waals surface area (Å²) < 4.78 is 12.8. The third-order valence-electron chi connectivity index (χ3n) is 6.81. The first-order chi connectivity index (χ1) is 17.7. The second kappa shape index (κ2) is 11.8. The van der Waals surface area contributed by atoms with E-state index in [-0.39, 0.29) is 24.6 Å². The van der Waals surface area contributed by atoms with Crippen molar-refractivity contribution >= 4 is 11.8 Å². The van der Waals surface area contributed by atoms with Gasteiger partial charge in [0, 0.05) is 25.7 Å². The van der Waals surface area contributed by atoms with Gasteiger partial charge in [-0.1, -0.05) is 48.5 Å². The smallest absolute Gasteiger partial charge is 0.320 e. The predicted molar refractivity (Wildman–Crippen MR) is 144 cm³/mol. The fraction of sp³-hybridized carbons (Fsp3) is 0.448. The lowest BCUT2D eigenvalue weighted by molar-refractivity contribution is 0.0265. The largest absolute Gasteiger partial charge is 0.473 e. The zero-order valence-electron chi connectivity index (χ0n) is 22.1. The Labute approximate surface area is 219 Å². The quantitative estimate of drug-likeness (QED) is 0.357. The molecule has 198 valence electrons. The highest BCUT2D eigenvalue weighted by atomic mass is 16.5. The summed E-state index contributed by atoms with van der Waals surface area (Å²) in [5, 5.41) is 21.0. The zero-order chi connectivity index (χ0) is 26.4. The van der Waals surface area contributed by atoms with Crippen LogP contribution in [-0.2, 0) is 4.74 Å². The predicted octanol–water partition coefficient (Wildman–Crippen LogP) is 5.05. The number of amides is 2. The van der Waals surface area contributed by atoms with Gasteiger partial charge in [0.25, 0.3) is 0 Å². The summed E-state index contributed by atoms with van der Waals surface area (Å²) in [6.45, 7) is 6.00. The number of aliphatic hydroxyl groups is 1. The van der Waals surface area contributed by atoms with Crippen molar-refractivity contribution in [2.24, 2.45) is 5.92 Å². The number of rotatable bonds is 10. The van der Waals surface area contributed by atoms with Crippen LogP contribution in [0.3, 0.4) is 0 Å². The summed E-state index contributed by atoms with van der Waals surface area (Å²) in [6, 6.07) is 19.7. The molecule has 1 saturated carbocycles. The first-order valence-electron chi connectivity index (χ1n) is 12.9. The summed E-state index contributed by atoms with van der Waals surface area (Å²) in [5.74, 6) is 1.61. The molecule has 3 N–H and O–H groups in total. The molecule has 2 aromatic carbocycles. The maximum Gasteiger partial charge on any atom is 0.320 e. The minimum Gasteiger partial charge on any atom is -0.473 e. The Morgan fingerprint density at radius 1 is 1.11 bits per heavy atom. The molecule has 1 heterocycles. The van der Waals surface area contributed by atoms with Crippen molar-refractivity contribution in [2.45, 2.75) is 57.6 Å². The molecule has 1 aliphatic rings. The third-order valence-corrected chi connectivity index (χ3v) is 6.81. The molecule has 0 saturated heterocycles. The molecule has 1 fully saturated rings. The average molecular weight is 507 g/mol. The number of benzene rings is 2. The highest BCUT2D eigenvalue weighted by Crippen LogP contribution is 2.40. The lowest BCUT2D eigenvalue weighted by Gasteiger charge is -2.22. The molecule has 8 heteroatoms. The number of ether oxygens (including phenoxy) is 2. The Kier molecular flexibility index (Phi) is 8.51. The van der Waals surface area contributed by atoms with E-state index >= 15 is 0 Å². The van der Waals surface area contributed by atoms with Crippen molar-refractivity contribution in [1.82, 2.24) is 15.1 Å². The average Bonchev–Trinajstić information content (AvgIpc) is 3.42. The van der Waals surface area contributed by atoms with Crippen molar-refractivity contribution in [3.8, 4) is 11.6 Å². The molecule has 1 aromatic heterocycles. The Morgan fingerprint density at radius 3 is 2.43 bits per heavy atom. The molecule has 0 aliphatic heterocycles. The molecular weight excluding hydrogens is 468 g/mol. The van der Waals surface area contributed by atoms with E-state index < -0.39 is 5.60 Å². The zero-order valence-corrected chi connectivity index (χ0v) is 22.1. The Bertz CT molecular complexity index is 1160. The minimum absolute atomic E-state index is 0.00330. The fourth-order valence-electron chi connectivity index (χ4n) is 4.96. The Balaban J connectivity index is 1.55. The molecule has 0 spiro atoms. The number of hydrogen-bond acceptors (Lipinski definition) is 5. The monoisotopic (exact) mass is 506 g/mol. The molecule has 3 atom stereocenters. The number of para-hydroxylation sites is 1. The van der Waals surface area contributed by atoms with Crippen molar-refractivity contribution in [3.63, 3.8) is 0 Å². The molecule has 1 unspecified atom stereocenters. The topological polar surface area (TPSA) is 97.6 Å². The SMILES string of the molecule is COCCC1C[C@@H](NC(=O)Nc2c(C)c(OCC(C)(C)O)nn2-c2ccccc2)[C@H](c2ccccc2)C1. The van der Waals surface area contributed by atoms with Crippen LogP contribution < -0.4 is 15.4 Å². The molecule has 8 nitrogen and oxygen atoms in total. The molecule has 0 bridgehead atoms. The van der Waals surface area contributed by atoms with Crippen LogP contribution in [0.2, 0.25) is 0 Å². The molecule has 1 aliphatic carbocycles. The van der Waals surface area contributed by atoms with Gasteiger partial charge in [0.15, 0.2) is 0 Å². The van der Waals surface area contributed by atoms with E-state index in [1.807, 2.05) is 55.5 Å². The van der Waals surface area contributed by atoms with Gasteiger partial charge in [-0.3, -0.25) is 5.32 Å². The van der Waals surface area contributed by atoms with Gasteiger partial charge in [-0.2, -0.15) is 0 Å². The number of hydrogen-bond donors (Lipinski definition) is 3. The minimum atomic E-state index is -1.01. The van der Waals surface area contributed by atoms with Gasteiger partial charge in [-0.25, -0.2) is 9.48 Å². The van der Waals surface area contributed by atoms with Crippen molar-refractivity contribution < 1.29 is 19.4 Å². The van der Waals surface area contributed by atoms with Crippen molar-refractivity contribution in [2.75, 3.05) is 25.6 Å². The van der Waals surface area contributed by atoms with Crippen LogP contribution in [-0.4, -0.2) is 52.9 Å². The molecule has 2 amide bonds. The summed E-state index contributed by atoms with van der Waals surface area (Å²) in [4.78, 5) is 13.4. The highest BCUT2D eigenvalue weighted by molar-refractivity contribution is 5.90. The van der Waals surface area contributed by atoms with Gasteiger partial charge in [-0.05, 0) is 63.6 Å². The van der Waals surface area contributed by atoms with Gasteiger partial charge in [-0.15, -0.1) is 5.10 Å². The summed E-state index contributed by atoms with van der Waals surface area (Å²) in [7, 11) is 1.73. The number of nitrogens with zero attached hydrogens (tertiary/aromatic N) is 2. The number of urea groups is 1. The molecule has 0 radical (unpaired) electrons. The number of methoxy groups -OCH3 is 1. The van der Waals surface area contributed by atoms with Gasteiger partial charge in [0.05, 0.1) is 16.9 Å². The van der Waals surface area contributed by atoms with E-state index in [2.05, 4.69) is 27.9 Å². The lowest BCUT2D eigenvalue weighted by Crippen LogP contribution is -2.40. The van der Waals surface area contributed by atoms with E-state index in [0.29, 0.717) is 29.8 Å². The van der Waals surface area contributed by atoms with E-state index in [9.17, 15) is 9.90 Å². The standard InChI is InChI=1S/C29H38N4O4/c1-20-26(33(23-13-9-6-10-14-23)32-27(20)37-19-29(2,3)35)31-28(34)30-25-18-21(15-16-36-4)17-24(25)22-11-7-5-8-12-22/h5-14,21,24-25,35H,15-19H2,1-4H3,(H2,30,31,34)/t21?,24-,25+/m0/s1. The number of anilines is 1. The number of carbonyl (C=O) groups is 1. The number of nitrogens with one attached hydrogen (secondary N) is 2. The van der Waals surface area contributed by atoms with Crippen LogP contribution in [0.25, 0.3) is 5.69 Å². The van der Waals surface area contributed by atoms with E-state index in [4.69, 9.17) is 9.47 Å². The lowest BCUT2D eigenvalue weighted by atomic mass is 9.93. The van der Waals surface area contributed by atoms with Gasteiger partial charge >= 0.3 is 6.03 Å². The van der Waals surface area contributed by atoms with Gasteiger partial charge in [0.2, 0.25) is 5.88 Å². The van der Waals surface area contributed by atoms with Crippen LogP contribution in [0.15, 0.2) is 60.7 Å². The Morgan fingerprint density at radius 2 is 1.78 bits per heavy atom. The second-order valence-electron chi connectivity index (χ2n) is 10.5. The molecule has 37 heavy (non-hydrogen) atoms. The number of carbonyl (C=O) groups excluding carboxylic acids is 1. The molecular formula is C29H38N4O4. The first kappa shape index (κ1) is 26.7.